The van der Waals surface area contributed by atoms with Crippen molar-refractivity contribution in [3.63, 3.8) is 0 Å². The Balaban J connectivity index is 2.60. The molecule has 0 N–H and O–H groups in total. The first-order valence-corrected chi connectivity index (χ1v) is 4.65. The maximum absolute atomic E-state index is 11.6. The largest absolute Gasteiger partial charge is 0.495 e. The lowest BCUT2D eigenvalue weighted by atomic mass is 10.0. The van der Waals surface area contributed by atoms with Gasteiger partial charge in [-0.1, -0.05) is 6.07 Å². The molecule has 2 rings (SSSR count). The van der Waals surface area contributed by atoms with Crippen LogP contribution >= 0.6 is 0 Å². The first kappa shape index (κ1) is 9.06. The Morgan fingerprint density at radius 2 is 2.21 bits per heavy atom. The molecular formula is C11H13NO2. The van der Waals surface area contributed by atoms with E-state index in [4.69, 9.17) is 4.74 Å². The third kappa shape index (κ3) is 1.25. The van der Waals surface area contributed by atoms with Crippen LogP contribution in [0.15, 0.2) is 18.2 Å². The van der Waals surface area contributed by atoms with Gasteiger partial charge in [0, 0.05) is 25.6 Å². The zero-order valence-electron chi connectivity index (χ0n) is 8.41. The molecule has 0 bridgehead atoms. The molecular weight excluding hydrogens is 178 g/mol. The van der Waals surface area contributed by atoms with Gasteiger partial charge >= 0.3 is 0 Å². The number of hydrogen-bond acceptors (Lipinski definition) is 3. The molecule has 0 aliphatic carbocycles. The van der Waals surface area contributed by atoms with Gasteiger partial charge in [-0.15, -0.1) is 0 Å². The predicted octanol–water partition coefficient (Wildman–Crippen LogP) is 1.72. The highest BCUT2D eigenvalue weighted by Gasteiger charge is 2.23. The molecule has 0 amide bonds. The van der Waals surface area contributed by atoms with E-state index in [1.165, 1.54) is 0 Å². The van der Waals surface area contributed by atoms with Crippen molar-refractivity contribution in [3.8, 4) is 5.75 Å². The van der Waals surface area contributed by atoms with Crippen LogP contribution in [0.25, 0.3) is 0 Å². The van der Waals surface area contributed by atoms with Gasteiger partial charge in [0.2, 0.25) is 0 Å². The van der Waals surface area contributed by atoms with Crippen molar-refractivity contribution < 1.29 is 9.53 Å². The van der Waals surface area contributed by atoms with E-state index in [0.717, 1.165) is 23.5 Å². The van der Waals surface area contributed by atoms with Crippen LogP contribution in [0.2, 0.25) is 0 Å². The summed E-state index contributed by atoms with van der Waals surface area (Å²) in [6.45, 7) is 0.770. The Kier molecular flexibility index (Phi) is 2.15. The lowest BCUT2D eigenvalue weighted by Crippen LogP contribution is -2.28. The van der Waals surface area contributed by atoms with Gasteiger partial charge in [0.1, 0.15) is 5.75 Å². The molecule has 0 fully saturated rings. The standard InChI is InChI=1S/C11H13NO2/c1-12-7-6-9(13)8-4-3-5-10(14-2)11(8)12/h3-5H,6-7H2,1-2H3. The van der Waals surface area contributed by atoms with Crippen molar-refractivity contribution >= 4 is 11.5 Å². The molecule has 0 saturated heterocycles. The summed E-state index contributed by atoms with van der Waals surface area (Å²) < 4.78 is 5.24. The molecule has 1 aliphatic rings. The molecule has 1 aromatic rings. The van der Waals surface area contributed by atoms with Gasteiger partial charge in [0.15, 0.2) is 5.78 Å². The normalized spacial score (nSPS) is 15.3. The number of para-hydroxylation sites is 1. The van der Waals surface area contributed by atoms with Crippen LogP contribution in [-0.2, 0) is 0 Å². The summed E-state index contributed by atoms with van der Waals surface area (Å²) in [4.78, 5) is 13.7. The van der Waals surface area contributed by atoms with Gasteiger partial charge in [-0.3, -0.25) is 4.79 Å². The minimum atomic E-state index is 0.206. The number of ether oxygens (including phenoxy) is 1. The fourth-order valence-corrected chi connectivity index (χ4v) is 1.82. The van der Waals surface area contributed by atoms with E-state index >= 15 is 0 Å². The van der Waals surface area contributed by atoms with Crippen molar-refractivity contribution in [1.29, 1.82) is 0 Å². The van der Waals surface area contributed by atoms with Gasteiger partial charge < -0.3 is 9.64 Å². The first-order chi connectivity index (χ1) is 6.74. The summed E-state index contributed by atoms with van der Waals surface area (Å²) >= 11 is 0. The fourth-order valence-electron chi connectivity index (χ4n) is 1.82. The minimum absolute atomic E-state index is 0.206. The van der Waals surface area contributed by atoms with Crippen LogP contribution in [0.3, 0.4) is 0 Å². The Morgan fingerprint density at radius 3 is 2.93 bits per heavy atom. The van der Waals surface area contributed by atoms with E-state index in [1.54, 1.807) is 7.11 Å². The molecule has 14 heavy (non-hydrogen) atoms. The number of fused-ring (bicyclic) bond motifs is 1. The Labute approximate surface area is 83.3 Å². The summed E-state index contributed by atoms with van der Waals surface area (Å²) in [5.74, 6) is 0.982. The molecule has 0 spiro atoms. The Bertz CT molecular complexity index is 374. The highest BCUT2D eigenvalue weighted by Crippen LogP contribution is 2.34. The molecule has 1 aliphatic heterocycles. The summed E-state index contributed by atoms with van der Waals surface area (Å²) in [5.41, 5.74) is 1.70. The molecule has 1 heterocycles. The maximum atomic E-state index is 11.6. The summed E-state index contributed by atoms with van der Waals surface area (Å²) in [6, 6.07) is 5.60. The summed E-state index contributed by atoms with van der Waals surface area (Å²) in [7, 11) is 3.61. The average molecular weight is 191 g/mol. The Morgan fingerprint density at radius 1 is 1.43 bits per heavy atom. The van der Waals surface area contributed by atoms with Gasteiger partial charge in [-0.25, -0.2) is 0 Å². The lowest BCUT2D eigenvalue weighted by Gasteiger charge is -2.28. The van der Waals surface area contributed by atoms with Gasteiger partial charge in [-0.05, 0) is 12.1 Å². The van der Waals surface area contributed by atoms with Crippen LogP contribution in [0, 0.1) is 0 Å². The number of methoxy groups -OCH3 is 1. The maximum Gasteiger partial charge on any atom is 0.166 e. The molecule has 0 atom stereocenters. The SMILES string of the molecule is COc1cccc2c1N(C)CCC2=O. The van der Waals surface area contributed by atoms with E-state index in [1.807, 2.05) is 25.2 Å². The third-order valence-corrected chi connectivity index (χ3v) is 2.58. The second-order valence-corrected chi connectivity index (χ2v) is 3.45. The second-order valence-electron chi connectivity index (χ2n) is 3.45. The number of anilines is 1. The molecule has 0 unspecified atom stereocenters. The van der Waals surface area contributed by atoms with Crippen LogP contribution in [0.5, 0.6) is 5.75 Å². The monoisotopic (exact) mass is 191 g/mol. The number of carbonyl (C=O) groups excluding carboxylic acids is 1. The molecule has 0 radical (unpaired) electrons. The minimum Gasteiger partial charge on any atom is -0.495 e. The van der Waals surface area contributed by atoms with Crippen molar-refractivity contribution in [2.45, 2.75) is 6.42 Å². The van der Waals surface area contributed by atoms with E-state index in [0.29, 0.717) is 6.42 Å². The summed E-state index contributed by atoms with van der Waals surface area (Å²) in [5, 5.41) is 0. The van der Waals surface area contributed by atoms with E-state index in [-0.39, 0.29) is 5.78 Å². The number of benzene rings is 1. The van der Waals surface area contributed by atoms with Crippen molar-refractivity contribution in [1.82, 2.24) is 0 Å². The van der Waals surface area contributed by atoms with Crippen LogP contribution in [-0.4, -0.2) is 26.5 Å². The topological polar surface area (TPSA) is 29.5 Å². The fraction of sp³-hybridized carbons (Fsp3) is 0.364. The van der Waals surface area contributed by atoms with E-state index in [9.17, 15) is 4.79 Å². The zero-order chi connectivity index (χ0) is 10.1. The predicted molar refractivity (Wildman–Crippen MR) is 55.2 cm³/mol. The Hall–Kier alpha value is -1.51. The van der Waals surface area contributed by atoms with E-state index in [2.05, 4.69) is 4.90 Å². The van der Waals surface area contributed by atoms with Crippen molar-refractivity contribution in [3.05, 3.63) is 23.8 Å². The molecule has 1 aromatic carbocycles. The number of hydrogen-bond donors (Lipinski definition) is 0. The van der Waals surface area contributed by atoms with Crippen LogP contribution in [0.1, 0.15) is 16.8 Å². The summed E-state index contributed by atoms with van der Waals surface area (Å²) in [6.07, 6.45) is 0.594. The lowest BCUT2D eigenvalue weighted by molar-refractivity contribution is 0.0980. The average Bonchev–Trinajstić information content (AvgIpc) is 2.23. The molecule has 0 aromatic heterocycles. The smallest absolute Gasteiger partial charge is 0.166 e. The number of Topliss-reactive ketones (excluding diaryl/α,β-unsaturated/α-hetero) is 1. The van der Waals surface area contributed by atoms with E-state index < -0.39 is 0 Å². The quantitative estimate of drug-likeness (QED) is 0.677. The van der Waals surface area contributed by atoms with Crippen molar-refractivity contribution in [2.75, 3.05) is 25.6 Å². The number of rotatable bonds is 1. The first-order valence-electron chi connectivity index (χ1n) is 4.65. The zero-order valence-corrected chi connectivity index (χ0v) is 8.41. The van der Waals surface area contributed by atoms with Gasteiger partial charge in [0.25, 0.3) is 0 Å². The van der Waals surface area contributed by atoms with Gasteiger partial charge in [-0.2, -0.15) is 0 Å². The molecule has 0 saturated carbocycles. The van der Waals surface area contributed by atoms with Crippen molar-refractivity contribution in [2.24, 2.45) is 0 Å². The van der Waals surface area contributed by atoms with Gasteiger partial charge in [0.05, 0.1) is 12.8 Å². The molecule has 3 heteroatoms. The number of carbonyl (C=O) groups is 1. The molecule has 74 valence electrons. The van der Waals surface area contributed by atoms with Crippen LogP contribution in [0.4, 0.5) is 5.69 Å². The number of ketones is 1. The second kappa shape index (κ2) is 3.33. The van der Waals surface area contributed by atoms with Crippen LogP contribution < -0.4 is 9.64 Å². The number of nitrogens with zero attached hydrogens (tertiary/aromatic N) is 1. The third-order valence-electron chi connectivity index (χ3n) is 2.58. The molecule has 3 nitrogen and oxygen atoms in total. The highest BCUT2D eigenvalue weighted by molar-refractivity contribution is 6.04. The highest BCUT2D eigenvalue weighted by atomic mass is 16.5.